The molecule has 0 aliphatic heterocycles. The van der Waals surface area contributed by atoms with Crippen LogP contribution in [-0.4, -0.2) is 29.9 Å². The Labute approximate surface area is 88.1 Å². The van der Waals surface area contributed by atoms with Crippen LogP contribution in [0.25, 0.3) is 0 Å². The van der Waals surface area contributed by atoms with Gasteiger partial charge >= 0.3 is 5.97 Å². The number of carbonyl (C=O) groups is 1. The van der Waals surface area contributed by atoms with Crippen LogP contribution in [0.4, 0.5) is 0 Å². The first kappa shape index (κ1) is 11.5. The average Bonchev–Trinajstić information content (AvgIpc) is 2.25. The molecule has 0 saturated heterocycles. The summed E-state index contributed by atoms with van der Waals surface area (Å²) in [6.45, 7) is -0.181. The molecule has 1 unspecified atom stereocenters. The molecule has 15 heavy (non-hydrogen) atoms. The maximum Gasteiger partial charge on any atom is 0.304 e. The molecule has 0 radical (unpaired) electrons. The predicted molar refractivity (Wildman–Crippen MR) is 55.1 cm³/mol. The first-order chi connectivity index (χ1) is 7.17. The maximum atomic E-state index is 10.6. The van der Waals surface area contributed by atoms with E-state index in [1.54, 1.807) is 31.4 Å². The lowest BCUT2D eigenvalue weighted by Gasteiger charge is -2.12. The van der Waals surface area contributed by atoms with Crippen molar-refractivity contribution < 1.29 is 19.7 Å². The van der Waals surface area contributed by atoms with Gasteiger partial charge in [-0.2, -0.15) is 0 Å². The van der Waals surface area contributed by atoms with Gasteiger partial charge < -0.3 is 14.9 Å². The number of aliphatic carboxylic acids is 1. The Morgan fingerprint density at radius 3 is 2.80 bits per heavy atom. The Kier molecular flexibility index (Phi) is 4.12. The number of ether oxygens (including phenoxy) is 1. The van der Waals surface area contributed by atoms with Gasteiger partial charge in [0, 0.05) is 5.92 Å². The van der Waals surface area contributed by atoms with Crippen LogP contribution in [0.15, 0.2) is 24.3 Å². The molecule has 0 amide bonds. The number of hydrogen-bond donors (Lipinski definition) is 2. The Bertz CT molecular complexity index is 335. The minimum absolute atomic E-state index is 0.0797. The normalized spacial score (nSPS) is 12.1. The topological polar surface area (TPSA) is 66.8 Å². The zero-order valence-corrected chi connectivity index (χ0v) is 8.51. The molecule has 0 fully saturated rings. The Morgan fingerprint density at radius 2 is 2.27 bits per heavy atom. The van der Waals surface area contributed by atoms with E-state index in [1.165, 1.54) is 0 Å². The van der Waals surface area contributed by atoms with Crippen molar-refractivity contribution in [1.29, 1.82) is 0 Å². The second-order valence-corrected chi connectivity index (χ2v) is 3.25. The van der Waals surface area contributed by atoms with Crippen molar-refractivity contribution >= 4 is 5.97 Å². The highest BCUT2D eigenvalue weighted by Crippen LogP contribution is 2.23. The number of aliphatic hydroxyl groups excluding tert-OH is 1. The highest BCUT2D eigenvalue weighted by atomic mass is 16.5. The number of carboxylic acids is 1. The van der Waals surface area contributed by atoms with Crippen molar-refractivity contribution in [3.05, 3.63) is 29.8 Å². The molecule has 0 aromatic heterocycles. The molecule has 2 N–H and O–H groups in total. The second-order valence-electron chi connectivity index (χ2n) is 3.25. The molecule has 0 heterocycles. The first-order valence-corrected chi connectivity index (χ1v) is 4.64. The minimum Gasteiger partial charge on any atom is -0.497 e. The second kappa shape index (κ2) is 5.36. The molecule has 4 nitrogen and oxygen atoms in total. The Balaban J connectivity index is 2.85. The van der Waals surface area contributed by atoms with Gasteiger partial charge in [0.2, 0.25) is 0 Å². The smallest absolute Gasteiger partial charge is 0.304 e. The molecule has 1 atom stereocenters. The third-order valence-electron chi connectivity index (χ3n) is 2.21. The third-order valence-corrected chi connectivity index (χ3v) is 2.21. The fourth-order valence-electron chi connectivity index (χ4n) is 1.39. The number of benzene rings is 1. The van der Waals surface area contributed by atoms with Crippen molar-refractivity contribution in [3.8, 4) is 5.75 Å². The van der Waals surface area contributed by atoms with Crippen molar-refractivity contribution in [2.24, 2.45) is 0 Å². The first-order valence-electron chi connectivity index (χ1n) is 4.64. The molecular formula is C11H14O4. The van der Waals surface area contributed by atoms with E-state index in [2.05, 4.69) is 0 Å². The summed E-state index contributed by atoms with van der Waals surface area (Å²) in [4.78, 5) is 10.6. The van der Waals surface area contributed by atoms with E-state index in [-0.39, 0.29) is 18.9 Å². The quantitative estimate of drug-likeness (QED) is 0.767. The number of rotatable bonds is 5. The summed E-state index contributed by atoms with van der Waals surface area (Å²) in [5.74, 6) is -0.634. The van der Waals surface area contributed by atoms with Gasteiger partial charge in [-0.3, -0.25) is 4.79 Å². The number of methoxy groups -OCH3 is 1. The van der Waals surface area contributed by atoms with Crippen molar-refractivity contribution in [3.63, 3.8) is 0 Å². The van der Waals surface area contributed by atoms with Crippen LogP contribution in [0.5, 0.6) is 5.75 Å². The van der Waals surface area contributed by atoms with E-state index >= 15 is 0 Å². The summed E-state index contributed by atoms with van der Waals surface area (Å²) >= 11 is 0. The largest absolute Gasteiger partial charge is 0.497 e. The van der Waals surface area contributed by atoms with E-state index in [9.17, 15) is 4.79 Å². The Hall–Kier alpha value is -1.55. The van der Waals surface area contributed by atoms with Gasteiger partial charge in [-0.1, -0.05) is 12.1 Å². The molecule has 1 aromatic carbocycles. The van der Waals surface area contributed by atoms with E-state index in [0.717, 1.165) is 5.56 Å². The van der Waals surface area contributed by atoms with Crippen LogP contribution in [0.2, 0.25) is 0 Å². The summed E-state index contributed by atoms with van der Waals surface area (Å²) < 4.78 is 5.03. The fourth-order valence-corrected chi connectivity index (χ4v) is 1.39. The molecule has 0 aliphatic carbocycles. The van der Waals surface area contributed by atoms with Crippen LogP contribution < -0.4 is 4.74 Å². The Morgan fingerprint density at radius 1 is 1.53 bits per heavy atom. The van der Waals surface area contributed by atoms with E-state index < -0.39 is 5.97 Å². The zero-order valence-electron chi connectivity index (χ0n) is 8.51. The summed E-state index contributed by atoms with van der Waals surface area (Å²) in [5.41, 5.74) is 0.777. The summed E-state index contributed by atoms with van der Waals surface area (Å²) in [6.07, 6.45) is -0.0797. The van der Waals surface area contributed by atoms with Crippen LogP contribution in [0.1, 0.15) is 17.9 Å². The highest BCUT2D eigenvalue weighted by molar-refractivity contribution is 5.68. The van der Waals surface area contributed by atoms with Gasteiger partial charge in [0.05, 0.1) is 20.1 Å². The van der Waals surface area contributed by atoms with Crippen molar-refractivity contribution in [1.82, 2.24) is 0 Å². The van der Waals surface area contributed by atoms with Crippen LogP contribution in [-0.2, 0) is 4.79 Å². The summed E-state index contributed by atoms with van der Waals surface area (Å²) in [6, 6.07) is 7.08. The van der Waals surface area contributed by atoms with Gasteiger partial charge in [-0.05, 0) is 17.7 Å². The van der Waals surface area contributed by atoms with E-state index in [0.29, 0.717) is 5.75 Å². The van der Waals surface area contributed by atoms with Crippen molar-refractivity contribution in [2.75, 3.05) is 13.7 Å². The number of carboxylic acid groups (broad SMARTS) is 1. The highest BCUT2D eigenvalue weighted by Gasteiger charge is 2.14. The van der Waals surface area contributed by atoms with Gasteiger partial charge in [0.25, 0.3) is 0 Å². The fraction of sp³-hybridized carbons (Fsp3) is 0.364. The number of aliphatic hydroxyl groups is 1. The van der Waals surface area contributed by atoms with Crippen LogP contribution in [0.3, 0.4) is 0 Å². The third kappa shape index (κ3) is 3.25. The van der Waals surface area contributed by atoms with Gasteiger partial charge in [0.1, 0.15) is 5.75 Å². The lowest BCUT2D eigenvalue weighted by molar-refractivity contribution is -0.137. The maximum absolute atomic E-state index is 10.6. The summed E-state index contributed by atoms with van der Waals surface area (Å²) in [5, 5.41) is 17.7. The monoisotopic (exact) mass is 210 g/mol. The predicted octanol–water partition coefficient (Wildman–Crippen LogP) is 1.25. The molecular weight excluding hydrogens is 196 g/mol. The van der Waals surface area contributed by atoms with Crippen LogP contribution >= 0.6 is 0 Å². The standard InChI is InChI=1S/C11H14O4/c1-15-10-4-2-3-8(5-10)9(7-12)6-11(13)14/h2-5,9,12H,6-7H2,1H3,(H,13,14). The molecule has 82 valence electrons. The van der Waals surface area contributed by atoms with Gasteiger partial charge in [-0.15, -0.1) is 0 Å². The molecule has 0 saturated carbocycles. The lowest BCUT2D eigenvalue weighted by atomic mass is 9.96. The molecule has 0 aliphatic rings. The lowest BCUT2D eigenvalue weighted by Crippen LogP contribution is -2.10. The van der Waals surface area contributed by atoms with E-state index in [1.807, 2.05) is 0 Å². The molecule has 0 bridgehead atoms. The number of hydrogen-bond acceptors (Lipinski definition) is 3. The minimum atomic E-state index is -0.920. The van der Waals surface area contributed by atoms with Crippen molar-refractivity contribution in [2.45, 2.75) is 12.3 Å². The molecule has 4 heteroatoms. The molecule has 0 spiro atoms. The van der Waals surface area contributed by atoms with Crippen LogP contribution in [0, 0.1) is 0 Å². The van der Waals surface area contributed by atoms with Gasteiger partial charge in [0.15, 0.2) is 0 Å². The molecule has 1 aromatic rings. The average molecular weight is 210 g/mol. The van der Waals surface area contributed by atoms with Gasteiger partial charge in [-0.25, -0.2) is 0 Å². The zero-order chi connectivity index (χ0) is 11.3. The molecule has 1 rings (SSSR count). The van der Waals surface area contributed by atoms with E-state index in [4.69, 9.17) is 14.9 Å². The summed E-state index contributed by atoms with van der Waals surface area (Å²) in [7, 11) is 1.55. The SMILES string of the molecule is COc1cccc(C(CO)CC(=O)O)c1.